The zero-order chi connectivity index (χ0) is 18.9. The summed E-state index contributed by atoms with van der Waals surface area (Å²) in [7, 11) is -2.39. The first kappa shape index (κ1) is 18.6. The first-order chi connectivity index (χ1) is 12.3. The highest BCUT2D eigenvalue weighted by Gasteiger charge is 2.23. The van der Waals surface area contributed by atoms with E-state index in [4.69, 9.17) is 11.6 Å². The van der Waals surface area contributed by atoms with Gasteiger partial charge in [0.15, 0.2) is 5.82 Å². The molecule has 10 heteroatoms. The molecule has 0 saturated carbocycles. The average molecular weight is 456 g/mol. The third-order valence-electron chi connectivity index (χ3n) is 3.43. The lowest BCUT2D eigenvalue weighted by molar-refractivity contribution is 0.0977. The Morgan fingerprint density at radius 3 is 2.65 bits per heavy atom. The molecule has 3 aromatic rings. The van der Waals surface area contributed by atoms with E-state index in [2.05, 4.69) is 25.9 Å². The van der Waals surface area contributed by atoms with E-state index in [-0.39, 0.29) is 10.6 Å². The van der Waals surface area contributed by atoms with Gasteiger partial charge in [-0.15, -0.1) is 0 Å². The summed E-state index contributed by atoms with van der Waals surface area (Å²) in [5.41, 5.74) is 0.323. The van der Waals surface area contributed by atoms with Gasteiger partial charge in [0.05, 0.1) is 5.02 Å². The summed E-state index contributed by atoms with van der Waals surface area (Å²) in [5, 5.41) is 0.369. The van der Waals surface area contributed by atoms with Crippen LogP contribution in [-0.2, 0) is 17.1 Å². The Hall–Kier alpha value is -2.23. The summed E-state index contributed by atoms with van der Waals surface area (Å²) in [6.45, 7) is 0. The number of carbonyl (C=O) groups excluding carboxylic acids is 1. The molecule has 7 nitrogen and oxygen atoms in total. The summed E-state index contributed by atoms with van der Waals surface area (Å²) < 4.78 is 28.8. The zero-order valence-corrected chi connectivity index (χ0v) is 16.5. The Morgan fingerprint density at radius 1 is 1.23 bits per heavy atom. The average Bonchev–Trinajstić information content (AvgIpc) is 2.97. The van der Waals surface area contributed by atoms with E-state index >= 15 is 0 Å². The number of halogens is 2. The van der Waals surface area contributed by atoms with Gasteiger partial charge >= 0.3 is 0 Å². The molecule has 0 bridgehead atoms. The lowest BCUT2D eigenvalue weighted by atomic mass is 10.3. The van der Waals surface area contributed by atoms with E-state index in [0.717, 1.165) is 0 Å². The van der Waals surface area contributed by atoms with E-state index in [1.165, 1.54) is 12.3 Å². The minimum atomic E-state index is -4.05. The molecule has 0 spiro atoms. The van der Waals surface area contributed by atoms with Crippen LogP contribution in [0.2, 0.25) is 5.02 Å². The molecule has 0 saturated heterocycles. The zero-order valence-electron chi connectivity index (χ0n) is 13.3. The molecule has 2 aromatic heterocycles. The van der Waals surface area contributed by atoms with E-state index in [1.807, 2.05) is 4.72 Å². The number of carbonyl (C=O) groups is 1. The summed E-state index contributed by atoms with van der Waals surface area (Å²) >= 11 is 9.27. The maximum atomic E-state index is 12.4. The van der Waals surface area contributed by atoms with Crippen molar-refractivity contribution in [2.75, 3.05) is 0 Å². The van der Waals surface area contributed by atoms with E-state index in [9.17, 15) is 13.2 Å². The number of amides is 1. The Morgan fingerprint density at radius 2 is 1.96 bits per heavy atom. The lowest BCUT2D eigenvalue weighted by Crippen LogP contribution is -2.31. The molecule has 0 fully saturated rings. The number of hydrogen-bond donors (Lipinski definition) is 1. The summed E-state index contributed by atoms with van der Waals surface area (Å²) in [6.07, 6.45) is 2.96. The molecular weight excluding hydrogens is 444 g/mol. The molecule has 0 aliphatic carbocycles. The molecule has 3 rings (SSSR count). The molecule has 1 amide bonds. The van der Waals surface area contributed by atoms with Crippen molar-refractivity contribution in [1.82, 2.24) is 19.3 Å². The number of nitrogens with zero attached hydrogens (tertiary/aromatic N) is 3. The van der Waals surface area contributed by atoms with Crippen LogP contribution in [0.25, 0.3) is 11.5 Å². The molecule has 0 atom stereocenters. The Kier molecular flexibility index (Phi) is 5.12. The number of benzene rings is 1. The van der Waals surface area contributed by atoms with Crippen molar-refractivity contribution >= 4 is 43.5 Å². The summed E-state index contributed by atoms with van der Waals surface area (Å²) in [6, 6.07) is 9.51. The maximum Gasteiger partial charge on any atom is 0.285 e. The van der Waals surface area contributed by atoms with Gasteiger partial charge in [0.2, 0.25) is 0 Å². The van der Waals surface area contributed by atoms with Crippen LogP contribution in [0.1, 0.15) is 10.5 Å². The monoisotopic (exact) mass is 454 g/mol. The quantitative estimate of drug-likeness (QED) is 0.653. The number of imidazole rings is 1. The standard InChI is InChI=1S/C16H12BrClN4O3S/c1-22-9-12(20-15(22)14-11(18)6-4-8-19-14)16(23)21-26(24,25)13-7-3-2-5-10(13)17/h2-9H,1H3,(H,21,23). The molecule has 2 heterocycles. The third-order valence-corrected chi connectivity index (χ3v) is 6.08. The Labute approximate surface area is 163 Å². The van der Waals surface area contributed by atoms with Gasteiger partial charge in [0, 0.05) is 23.9 Å². The van der Waals surface area contributed by atoms with E-state index < -0.39 is 15.9 Å². The van der Waals surface area contributed by atoms with Gasteiger partial charge in [-0.25, -0.2) is 18.1 Å². The third kappa shape index (κ3) is 3.64. The molecule has 1 aromatic carbocycles. The van der Waals surface area contributed by atoms with Crippen molar-refractivity contribution in [3.8, 4) is 11.5 Å². The van der Waals surface area contributed by atoms with Crippen LogP contribution in [0.5, 0.6) is 0 Å². The molecule has 0 aliphatic heterocycles. The second-order valence-corrected chi connectivity index (χ2v) is 8.17. The second-order valence-electron chi connectivity index (χ2n) is 5.26. The van der Waals surface area contributed by atoms with Crippen molar-refractivity contribution in [3.05, 3.63) is 64.0 Å². The van der Waals surface area contributed by atoms with Gasteiger partial charge in [0.1, 0.15) is 16.3 Å². The van der Waals surface area contributed by atoms with E-state index in [0.29, 0.717) is 21.0 Å². The highest BCUT2D eigenvalue weighted by atomic mass is 79.9. The first-order valence-electron chi connectivity index (χ1n) is 7.25. The fourth-order valence-electron chi connectivity index (χ4n) is 2.24. The normalized spacial score (nSPS) is 11.3. The molecule has 26 heavy (non-hydrogen) atoms. The van der Waals surface area contributed by atoms with Gasteiger partial charge in [0.25, 0.3) is 15.9 Å². The van der Waals surface area contributed by atoms with Gasteiger partial charge in [-0.05, 0) is 40.2 Å². The second kappa shape index (κ2) is 7.18. The van der Waals surface area contributed by atoms with Crippen LogP contribution >= 0.6 is 27.5 Å². The Bertz CT molecular complexity index is 1100. The van der Waals surface area contributed by atoms with Crippen molar-refractivity contribution in [3.63, 3.8) is 0 Å². The van der Waals surface area contributed by atoms with Gasteiger partial charge < -0.3 is 4.57 Å². The fourth-order valence-corrected chi connectivity index (χ4v) is 4.41. The predicted molar refractivity (Wildman–Crippen MR) is 100 cm³/mol. The number of rotatable bonds is 4. The smallest absolute Gasteiger partial charge is 0.285 e. The van der Waals surface area contributed by atoms with E-state index in [1.54, 1.807) is 48.1 Å². The van der Waals surface area contributed by atoms with Crippen LogP contribution < -0.4 is 4.72 Å². The van der Waals surface area contributed by atoms with Crippen molar-refractivity contribution in [1.29, 1.82) is 0 Å². The number of nitrogens with one attached hydrogen (secondary N) is 1. The number of aromatic nitrogens is 3. The molecule has 0 radical (unpaired) electrons. The molecule has 1 N–H and O–H groups in total. The van der Waals surface area contributed by atoms with Crippen LogP contribution in [0.4, 0.5) is 0 Å². The van der Waals surface area contributed by atoms with Crippen molar-refractivity contribution < 1.29 is 13.2 Å². The summed E-state index contributed by atoms with van der Waals surface area (Å²) in [4.78, 5) is 20.7. The van der Waals surface area contributed by atoms with Crippen LogP contribution in [-0.4, -0.2) is 28.9 Å². The molecular formula is C16H12BrClN4O3S. The number of sulfonamides is 1. The SMILES string of the molecule is Cn1cc(C(=O)NS(=O)(=O)c2ccccc2Br)nc1-c1ncccc1Cl. The lowest BCUT2D eigenvalue weighted by Gasteiger charge is -2.07. The van der Waals surface area contributed by atoms with Crippen molar-refractivity contribution in [2.45, 2.75) is 4.90 Å². The predicted octanol–water partition coefficient (Wildman–Crippen LogP) is 3.02. The highest BCUT2D eigenvalue weighted by molar-refractivity contribution is 9.10. The van der Waals surface area contributed by atoms with Crippen LogP contribution in [0.15, 0.2) is 58.2 Å². The van der Waals surface area contributed by atoms with Gasteiger partial charge in [-0.1, -0.05) is 23.7 Å². The van der Waals surface area contributed by atoms with Gasteiger partial charge in [-0.2, -0.15) is 0 Å². The maximum absolute atomic E-state index is 12.4. The number of hydrogen-bond acceptors (Lipinski definition) is 5. The molecule has 0 unspecified atom stereocenters. The largest absolute Gasteiger partial charge is 0.332 e. The molecule has 0 aliphatic rings. The number of aryl methyl sites for hydroxylation is 1. The van der Waals surface area contributed by atoms with Crippen LogP contribution in [0.3, 0.4) is 0 Å². The summed E-state index contributed by atoms with van der Waals surface area (Å²) in [5.74, 6) is -0.506. The fraction of sp³-hybridized carbons (Fsp3) is 0.0625. The minimum absolute atomic E-state index is 0.0442. The number of pyridine rings is 1. The van der Waals surface area contributed by atoms with Crippen LogP contribution in [0, 0.1) is 0 Å². The van der Waals surface area contributed by atoms with Crippen molar-refractivity contribution in [2.24, 2.45) is 7.05 Å². The van der Waals surface area contributed by atoms with Gasteiger partial charge in [-0.3, -0.25) is 9.78 Å². The topological polar surface area (TPSA) is 94.0 Å². The molecule has 134 valence electrons. The minimum Gasteiger partial charge on any atom is -0.332 e. The first-order valence-corrected chi connectivity index (χ1v) is 9.91. The highest BCUT2D eigenvalue weighted by Crippen LogP contribution is 2.24. The Balaban J connectivity index is 1.91.